The summed E-state index contributed by atoms with van der Waals surface area (Å²) in [5.41, 5.74) is 4.79. The Kier molecular flexibility index (Phi) is 6.88. The van der Waals surface area contributed by atoms with Crippen LogP contribution >= 0.6 is 0 Å². The number of carbonyl (C=O) groups excluding carboxylic acids is 2. The first-order chi connectivity index (χ1) is 19.2. The van der Waals surface area contributed by atoms with Crippen LogP contribution in [0.15, 0.2) is 54.6 Å². The summed E-state index contributed by atoms with van der Waals surface area (Å²) in [6, 6.07) is 16.4. The third kappa shape index (κ3) is 5.11. The lowest BCUT2D eigenvalue weighted by Crippen LogP contribution is -2.60. The number of halogens is 1. The number of fused-ring (bicyclic) bond motifs is 2. The van der Waals surface area contributed by atoms with Gasteiger partial charge < -0.3 is 15.1 Å². The van der Waals surface area contributed by atoms with E-state index < -0.39 is 0 Å². The van der Waals surface area contributed by atoms with Crippen LogP contribution in [0.3, 0.4) is 0 Å². The van der Waals surface area contributed by atoms with Crippen LogP contribution in [0.25, 0.3) is 0 Å². The van der Waals surface area contributed by atoms with Gasteiger partial charge in [0.15, 0.2) is 0 Å². The van der Waals surface area contributed by atoms with Gasteiger partial charge in [0.05, 0.1) is 23.6 Å². The highest BCUT2D eigenvalue weighted by atomic mass is 19.1. The SMILES string of the molecule is C[C@@H]1CN(CC(=O)N2CC(C)(C)c3nnc(Cc4ccc(F)cc4)cc32)[C@@H](CN2Cc3ccccc3C2=O)CN1. The maximum atomic E-state index is 13.9. The number of carbonyl (C=O) groups is 2. The van der Waals surface area contributed by atoms with Crippen molar-refractivity contribution in [2.24, 2.45) is 0 Å². The number of nitrogens with one attached hydrogen (secondary N) is 1. The van der Waals surface area contributed by atoms with Crippen LogP contribution in [0.5, 0.6) is 0 Å². The normalized spacial score (nSPS) is 21.9. The Morgan fingerprint density at radius 2 is 1.90 bits per heavy atom. The van der Waals surface area contributed by atoms with E-state index in [1.165, 1.54) is 12.1 Å². The Labute approximate surface area is 234 Å². The number of benzene rings is 2. The van der Waals surface area contributed by atoms with Crippen molar-refractivity contribution in [1.29, 1.82) is 0 Å². The second-order valence-corrected chi connectivity index (χ2v) is 12.0. The second-order valence-electron chi connectivity index (χ2n) is 12.0. The van der Waals surface area contributed by atoms with Crippen LogP contribution in [0.1, 0.15) is 53.6 Å². The summed E-state index contributed by atoms with van der Waals surface area (Å²) in [4.78, 5) is 32.9. The molecule has 4 heterocycles. The van der Waals surface area contributed by atoms with Crippen molar-refractivity contribution in [2.75, 3.05) is 37.6 Å². The van der Waals surface area contributed by atoms with Gasteiger partial charge in [0, 0.05) is 62.2 Å². The van der Waals surface area contributed by atoms with E-state index in [2.05, 4.69) is 41.2 Å². The fraction of sp³-hybridized carbons (Fsp3) is 0.419. The molecule has 8 nitrogen and oxygen atoms in total. The first-order valence-electron chi connectivity index (χ1n) is 13.9. The Hall–Kier alpha value is -3.69. The topological polar surface area (TPSA) is 81.7 Å². The van der Waals surface area contributed by atoms with Gasteiger partial charge in [-0.15, -0.1) is 0 Å². The molecular formula is C31H35FN6O2. The summed E-state index contributed by atoms with van der Waals surface area (Å²) < 4.78 is 13.4. The van der Waals surface area contributed by atoms with E-state index in [9.17, 15) is 14.0 Å². The molecule has 0 aliphatic carbocycles. The second kappa shape index (κ2) is 10.4. The number of anilines is 1. The number of hydrogen-bond donors (Lipinski definition) is 1. The molecule has 1 N–H and O–H groups in total. The Morgan fingerprint density at radius 3 is 2.67 bits per heavy atom. The van der Waals surface area contributed by atoms with Crippen LogP contribution in [0.4, 0.5) is 10.1 Å². The molecule has 40 heavy (non-hydrogen) atoms. The van der Waals surface area contributed by atoms with Gasteiger partial charge in [-0.3, -0.25) is 14.5 Å². The first-order valence-corrected chi connectivity index (χ1v) is 13.9. The molecule has 2 amide bonds. The molecule has 1 aromatic heterocycles. The third-order valence-electron chi connectivity index (χ3n) is 8.30. The number of nitrogens with zero attached hydrogens (tertiary/aromatic N) is 5. The molecule has 0 bridgehead atoms. The zero-order valence-electron chi connectivity index (χ0n) is 23.2. The number of rotatable bonds is 6. The van der Waals surface area contributed by atoms with E-state index in [0.29, 0.717) is 32.6 Å². The van der Waals surface area contributed by atoms with Crippen molar-refractivity contribution in [2.45, 2.75) is 51.2 Å². The van der Waals surface area contributed by atoms with Gasteiger partial charge in [0.2, 0.25) is 5.91 Å². The van der Waals surface area contributed by atoms with Crippen LogP contribution in [0.2, 0.25) is 0 Å². The average molecular weight is 543 g/mol. The summed E-state index contributed by atoms with van der Waals surface area (Å²) in [5.74, 6) is -0.202. The number of amides is 2. The van der Waals surface area contributed by atoms with E-state index in [0.717, 1.165) is 40.3 Å². The minimum absolute atomic E-state index is 0.0164. The first kappa shape index (κ1) is 26.5. The number of aromatic nitrogens is 2. The molecular weight excluding hydrogens is 507 g/mol. The molecule has 1 saturated heterocycles. The molecule has 0 saturated carbocycles. The largest absolute Gasteiger partial charge is 0.333 e. The molecule has 208 valence electrons. The molecule has 3 aromatic rings. The molecule has 9 heteroatoms. The number of hydrogen-bond acceptors (Lipinski definition) is 6. The van der Waals surface area contributed by atoms with Crippen molar-refractivity contribution >= 4 is 17.5 Å². The van der Waals surface area contributed by atoms with E-state index in [4.69, 9.17) is 0 Å². The standard InChI is InChI=1S/C31H35FN6O2/c1-20-15-36(25(14-33-20)17-37-16-22-6-4-5-7-26(22)30(37)40)18-28(39)38-19-31(2,3)29-27(38)13-24(34-35-29)12-21-8-10-23(32)11-9-21/h4-11,13,20,25,33H,12,14-19H2,1-3H3/t20-,25-/m1/s1. The maximum absolute atomic E-state index is 13.9. The van der Waals surface area contributed by atoms with Gasteiger partial charge in [-0.05, 0) is 42.3 Å². The average Bonchev–Trinajstić information content (AvgIpc) is 3.39. The van der Waals surface area contributed by atoms with Gasteiger partial charge in [-0.25, -0.2) is 4.39 Å². The number of piperazine rings is 1. The predicted octanol–water partition coefficient (Wildman–Crippen LogP) is 3.15. The van der Waals surface area contributed by atoms with Crippen LogP contribution < -0.4 is 10.2 Å². The zero-order valence-corrected chi connectivity index (χ0v) is 23.2. The molecule has 1 fully saturated rings. The molecule has 2 atom stereocenters. The maximum Gasteiger partial charge on any atom is 0.254 e. The van der Waals surface area contributed by atoms with Crippen molar-refractivity contribution in [1.82, 2.24) is 25.3 Å². The summed E-state index contributed by atoms with van der Waals surface area (Å²) in [6.07, 6.45) is 0.507. The van der Waals surface area contributed by atoms with Crippen molar-refractivity contribution in [3.05, 3.63) is 88.5 Å². The minimum atomic E-state index is -0.323. The summed E-state index contributed by atoms with van der Waals surface area (Å²) in [6.45, 7) is 9.68. The van der Waals surface area contributed by atoms with Crippen molar-refractivity contribution < 1.29 is 14.0 Å². The van der Waals surface area contributed by atoms with Gasteiger partial charge in [-0.1, -0.05) is 44.2 Å². The fourth-order valence-corrected chi connectivity index (χ4v) is 6.16. The van der Waals surface area contributed by atoms with Gasteiger partial charge in [-0.2, -0.15) is 10.2 Å². The van der Waals surface area contributed by atoms with E-state index in [-0.39, 0.29) is 41.7 Å². The molecule has 3 aliphatic heterocycles. The highest BCUT2D eigenvalue weighted by molar-refractivity contribution is 5.98. The van der Waals surface area contributed by atoms with Crippen LogP contribution in [-0.4, -0.2) is 76.6 Å². The Morgan fingerprint density at radius 1 is 1.12 bits per heavy atom. The Bertz CT molecular complexity index is 1440. The van der Waals surface area contributed by atoms with Crippen molar-refractivity contribution in [3.63, 3.8) is 0 Å². The third-order valence-corrected chi connectivity index (χ3v) is 8.30. The smallest absolute Gasteiger partial charge is 0.254 e. The molecule has 2 aromatic carbocycles. The minimum Gasteiger partial charge on any atom is -0.333 e. The highest BCUT2D eigenvalue weighted by Gasteiger charge is 2.41. The van der Waals surface area contributed by atoms with E-state index >= 15 is 0 Å². The van der Waals surface area contributed by atoms with E-state index in [1.807, 2.05) is 40.1 Å². The summed E-state index contributed by atoms with van der Waals surface area (Å²) >= 11 is 0. The quantitative estimate of drug-likeness (QED) is 0.516. The molecule has 0 unspecified atom stereocenters. The van der Waals surface area contributed by atoms with Crippen LogP contribution in [0, 0.1) is 5.82 Å². The van der Waals surface area contributed by atoms with Gasteiger partial charge in [0.1, 0.15) is 5.82 Å². The molecule has 3 aliphatic rings. The van der Waals surface area contributed by atoms with Gasteiger partial charge >= 0.3 is 0 Å². The lowest BCUT2D eigenvalue weighted by atomic mass is 9.91. The highest BCUT2D eigenvalue weighted by Crippen LogP contribution is 2.39. The molecule has 6 rings (SSSR count). The monoisotopic (exact) mass is 542 g/mol. The van der Waals surface area contributed by atoms with Gasteiger partial charge in [0.25, 0.3) is 5.91 Å². The lowest BCUT2D eigenvalue weighted by Gasteiger charge is -2.41. The Balaban J connectivity index is 1.19. The zero-order chi connectivity index (χ0) is 28.0. The summed E-state index contributed by atoms with van der Waals surface area (Å²) in [5, 5.41) is 12.5. The van der Waals surface area contributed by atoms with Crippen molar-refractivity contribution in [3.8, 4) is 0 Å². The summed E-state index contributed by atoms with van der Waals surface area (Å²) in [7, 11) is 0. The van der Waals surface area contributed by atoms with Crippen LogP contribution in [-0.2, 0) is 23.2 Å². The predicted molar refractivity (Wildman–Crippen MR) is 151 cm³/mol. The lowest BCUT2D eigenvalue weighted by molar-refractivity contribution is -0.120. The fourth-order valence-electron chi connectivity index (χ4n) is 6.16. The molecule has 0 radical (unpaired) electrons. The van der Waals surface area contributed by atoms with E-state index in [1.54, 1.807) is 12.1 Å². The molecule has 0 spiro atoms.